The van der Waals surface area contributed by atoms with Crippen LogP contribution in [-0.4, -0.2) is 25.5 Å². The van der Waals surface area contributed by atoms with Crippen molar-refractivity contribution in [3.8, 4) is 6.07 Å². The van der Waals surface area contributed by atoms with Crippen LogP contribution < -0.4 is 4.72 Å². The summed E-state index contributed by atoms with van der Waals surface area (Å²) < 4.78 is 39.9. The fourth-order valence-corrected chi connectivity index (χ4v) is 3.18. The maximum atomic E-state index is 13.5. The van der Waals surface area contributed by atoms with E-state index >= 15 is 0 Å². The average Bonchev–Trinajstić information content (AvgIpc) is 2.43. The van der Waals surface area contributed by atoms with Gasteiger partial charge in [-0.3, -0.25) is 4.79 Å². The Morgan fingerprint density at radius 2 is 2.14 bits per heavy atom. The van der Waals surface area contributed by atoms with Crippen LogP contribution in [0.2, 0.25) is 0 Å². The highest BCUT2D eigenvalue weighted by atomic mass is 32.2. The van der Waals surface area contributed by atoms with Gasteiger partial charge >= 0.3 is 5.97 Å². The molecule has 0 bridgehead atoms. The second-order valence-corrected chi connectivity index (χ2v) is 6.23. The number of hydrogen-bond acceptors (Lipinski definition) is 4. The number of hydrogen-bond donors (Lipinski definition) is 2. The van der Waals surface area contributed by atoms with Gasteiger partial charge in [0.05, 0.1) is 0 Å². The van der Waals surface area contributed by atoms with E-state index < -0.39 is 44.2 Å². The number of nitriles is 1. The molecule has 0 saturated carbocycles. The van der Waals surface area contributed by atoms with Crippen molar-refractivity contribution >= 4 is 16.0 Å². The van der Waals surface area contributed by atoms with Crippen LogP contribution in [-0.2, 0) is 14.8 Å². The third kappa shape index (κ3) is 3.77. The number of carboxylic acids is 1. The topological polar surface area (TPSA) is 107 Å². The van der Waals surface area contributed by atoms with Crippen molar-refractivity contribution in [2.24, 2.45) is 5.92 Å². The van der Waals surface area contributed by atoms with Crippen LogP contribution in [0.25, 0.3) is 0 Å². The van der Waals surface area contributed by atoms with E-state index in [1.165, 1.54) is 6.07 Å². The van der Waals surface area contributed by atoms with Gasteiger partial charge in [0.2, 0.25) is 10.0 Å². The Hall–Kier alpha value is -1.98. The zero-order chi connectivity index (χ0) is 16.2. The molecule has 2 N–H and O–H groups in total. The molecule has 2 unspecified atom stereocenters. The Morgan fingerprint density at radius 3 is 2.62 bits per heavy atom. The van der Waals surface area contributed by atoms with E-state index in [2.05, 4.69) is 0 Å². The minimum absolute atomic E-state index is 0.438. The molecule has 0 aliphatic rings. The Kier molecular flexibility index (Phi) is 5.41. The summed E-state index contributed by atoms with van der Waals surface area (Å²) in [6.45, 7) is 3.30. The lowest BCUT2D eigenvalue weighted by Gasteiger charge is -2.20. The summed E-state index contributed by atoms with van der Waals surface area (Å²) in [6, 6.07) is 3.28. The highest BCUT2D eigenvalue weighted by Crippen LogP contribution is 2.19. The van der Waals surface area contributed by atoms with Crippen molar-refractivity contribution in [1.29, 1.82) is 5.26 Å². The number of nitrogens with one attached hydrogen (secondary N) is 1. The van der Waals surface area contributed by atoms with E-state index in [1.54, 1.807) is 13.8 Å². The average molecular weight is 314 g/mol. The minimum Gasteiger partial charge on any atom is -0.480 e. The molecule has 21 heavy (non-hydrogen) atoms. The number of aliphatic carboxylic acids is 1. The van der Waals surface area contributed by atoms with Gasteiger partial charge in [0, 0.05) is 0 Å². The zero-order valence-electron chi connectivity index (χ0n) is 11.5. The largest absolute Gasteiger partial charge is 0.480 e. The van der Waals surface area contributed by atoms with Crippen LogP contribution in [0.1, 0.15) is 25.8 Å². The number of benzene rings is 1. The van der Waals surface area contributed by atoms with Crippen molar-refractivity contribution < 1.29 is 22.7 Å². The van der Waals surface area contributed by atoms with Gasteiger partial charge in [0.1, 0.15) is 28.4 Å². The molecule has 0 radical (unpaired) electrons. The van der Waals surface area contributed by atoms with Gasteiger partial charge < -0.3 is 5.11 Å². The number of rotatable bonds is 6. The van der Waals surface area contributed by atoms with E-state index in [9.17, 15) is 17.6 Å². The van der Waals surface area contributed by atoms with Gasteiger partial charge in [-0.2, -0.15) is 9.98 Å². The first-order valence-electron chi connectivity index (χ1n) is 6.18. The van der Waals surface area contributed by atoms with Crippen LogP contribution in [0.15, 0.2) is 23.1 Å². The molecule has 8 heteroatoms. The molecule has 1 aromatic rings. The molecular weight excluding hydrogens is 299 g/mol. The number of sulfonamides is 1. The predicted octanol–water partition coefficient (Wildman–Crippen LogP) is 1.47. The Balaban J connectivity index is 3.27. The molecule has 1 rings (SSSR count). The summed E-state index contributed by atoms with van der Waals surface area (Å²) in [6.07, 6.45) is 0.438. The fraction of sp³-hybridized carbons (Fsp3) is 0.385. The predicted molar refractivity (Wildman–Crippen MR) is 72.3 cm³/mol. The Bertz CT molecular complexity index is 682. The van der Waals surface area contributed by atoms with Gasteiger partial charge in [0.15, 0.2) is 0 Å². The molecule has 0 saturated heterocycles. The van der Waals surface area contributed by atoms with Crippen LogP contribution in [0, 0.1) is 23.1 Å². The van der Waals surface area contributed by atoms with E-state index in [0.717, 1.165) is 18.2 Å². The molecule has 0 aliphatic carbocycles. The van der Waals surface area contributed by atoms with Crippen LogP contribution in [0.4, 0.5) is 4.39 Å². The molecule has 0 spiro atoms. The highest BCUT2D eigenvalue weighted by Gasteiger charge is 2.31. The van der Waals surface area contributed by atoms with Crippen molar-refractivity contribution in [2.75, 3.05) is 0 Å². The summed E-state index contributed by atoms with van der Waals surface area (Å²) >= 11 is 0. The summed E-state index contributed by atoms with van der Waals surface area (Å²) in [7, 11) is -4.32. The van der Waals surface area contributed by atoms with E-state index in [-0.39, 0.29) is 0 Å². The van der Waals surface area contributed by atoms with Crippen molar-refractivity contribution in [2.45, 2.75) is 31.2 Å². The maximum absolute atomic E-state index is 13.5. The molecule has 1 aromatic carbocycles. The summed E-state index contributed by atoms with van der Waals surface area (Å²) in [4.78, 5) is 10.6. The maximum Gasteiger partial charge on any atom is 0.322 e. The number of halogens is 1. The van der Waals surface area contributed by atoms with Crippen molar-refractivity contribution in [3.63, 3.8) is 0 Å². The molecular formula is C13H15FN2O4S. The molecule has 114 valence electrons. The van der Waals surface area contributed by atoms with Crippen LogP contribution in [0.3, 0.4) is 0 Å². The first kappa shape index (κ1) is 17.1. The lowest BCUT2D eigenvalue weighted by molar-refractivity contribution is -0.140. The van der Waals surface area contributed by atoms with Gasteiger partial charge in [-0.1, -0.05) is 26.3 Å². The van der Waals surface area contributed by atoms with Crippen molar-refractivity contribution in [3.05, 3.63) is 29.6 Å². The lowest BCUT2D eigenvalue weighted by Crippen LogP contribution is -2.45. The second kappa shape index (κ2) is 6.65. The molecule has 0 aromatic heterocycles. The molecule has 0 aliphatic heterocycles. The molecule has 0 amide bonds. The zero-order valence-corrected chi connectivity index (χ0v) is 12.3. The minimum atomic E-state index is -4.32. The smallest absolute Gasteiger partial charge is 0.322 e. The highest BCUT2D eigenvalue weighted by molar-refractivity contribution is 7.89. The third-order valence-corrected chi connectivity index (χ3v) is 4.62. The van der Waals surface area contributed by atoms with Gasteiger partial charge in [-0.15, -0.1) is 0 Å². The van der Waals surface area contributed by atoms with Crippen LogP contribution >= 0.6 is 0 Å². The molecule has 2 atom stereocenters. The summed E-state index contributed by atoms with van der Waals surface area (Å²) in [5, 5.41) is 18.0. The molecule has 0 fully saturated rings. The normalized spacial score (nSPS) is 14.2. The van der Waals surface area contributed by atoms with E-state index in [0.29, 0.717) is 6.42 Å². The monoisotopic (exact) mass is 314 g/mol. The Morgan fingerprint density at radius 1 is 1.52 bits per heavy atom. The third-order valence-electron chi connectivity index (χ3n) is 3.14. The fourth-order valence-electron chi connectivity index (χ4n) is 1.71. The van der Waals surface area contributed by atoms with Gasteiger partial charge in [-0.05, 0) is 18.1 Å². The lowest BCUT2D eigenvalue weighted by atomic mass is 10.0. The van der Waals surface area contributed by atoms with Gasteiger partial charge in [0.25, 0.3) is 0 Å². The molecule has 6 nitrogen and oxygen atoms in total. The SMILES string of the molecule is CCC(C)C(NS(=O)(=O)c1cccc(F)c1C#N)C(=O)O. The summed E-state index contributed by atoms with van der Waals surface area (Å²) in [5.41, 5.74) is -0.640. The van der Waals surface area contributed by atoms with Crippen LogP contribution in [0.5, 0.6) is 0 Å². The number of carboxylic acid groups (broad SMARTS) is 1. The van der Waals surface area contributed by atoms with E-state index in [1.807, 2.05) is 4.72 Å². The standard InChI is InChI=1S/C13H15FN2O4S/c1-3-8(2)12(13(17)18)16-21(19,20)11-6-4-5-10(14)9(11)7-15/h4-6,8,12,16H,3H2,1-2H3,(H,17,18). The summed E-state index contributed by atoms with van der Waals surface area (Å²) in [5.74, 6) is -2.77. The van der Waals surface area contributed by atoms with Gasteiger partial charge in [-0.25, -0.2) is 12.8 Å². The van der Waals surface area contributed by atoms with Crippen molar-refractivity contribution in [1.82, 2.24) is 4.72 Å². The van der Waals surface area contributed by atoms with E-state index in [4.69, 9.17) is 10.4 Å². The molecule has 0 heterocycles. The first-order chi connectivity index (χ1) is 9.74. The Labute approximate surface area is 122 Å². The first-order valence-corrected chi connectivity index (χ1v) is 7.66. The number of nitrogens with zero attached hydrogens (tertiary/aromatic N) is 1. The number of carbonyl (C=O) groups is 1. The second-order valence-electron chi connectivity index (χ2n) is 4.55. The quantitative estimate of drug-likeness (QED) is 0.827.